The number of nitrogens with two attached hydrogens (primary N) is 1. The monoisotopic (exact) mass is 292 g/mol. The van der Waals surface area contributed by atoms with Crippen molar-refractivity contribution in [2.45, 2.75) is 17.6 Å². The molecule has 0 bridgehead atoms. The molecule has 19 heavy (non-hydrogen) atoms. The first-order valence-corrected chi connectivity index (χ1v) is 7.84. The largest absolute Gasteiger partial charge is 0.399 e. The minimum absolute atomic E-state index is 0.0388. The van der Waals surface area contributed by atoms with Gasteiger partial charge in [0.1, 0.15) is 0 Å². The average molecular weight is 292 g/mol. The highest BCUT2D eigenvalue weighted by Crippen LogP contribution is 2.24. The lowest BCUT2D eigenvalue weighted by Crippen LogP contribution is -2.13. The molecule has 0 saturated heterocycles. The van der Waals surface area contributed by atoms with Crippen molar-refractivity contribution in [3.05, 3.63) is 41.3 Å². The lowest BCUT2D eigenvalue weighted by atomic mass is 10.2. The second kappa shape index (κ2) is 6.63. The minimum atomic E-state index is 0.0388. The first-order chi connectivity index (χ1) is 9.15. The number of aryl methyl sites for hydroxylation is 1. The Kier molecular flexibility index (Phi) is 4.87. The van der Waals surface area contributed by atoms with Gasteiger partial charge in [-0.05, 0) is 42.1 Å². The number of carbonyl (C=O) groups is 1. The fourth-order valence-corrected chi connectivity index (χ4v) is 3.43. The lowest BCUT2D eigenvalue weighted by Gasteiger charge is -2.08. The molecule has 3 nitrogen and oxygen atoms in total. The third-order valence-electron chi connectivity index (χ3n) is 2.59. The molecular formula is C14H16N2OS2. The molecule has 3 N–H and O–H groups in total. The molecule has 0 fully saturated rings. The predicted molar refractivity (Wildman–Crippen MR) is 83.9 cm³/mol. The molecule has 2 rings (SSSR count). The number of anilines is 2. The van der Waals surface area contributed by atoms with E-state index in [0.717, 1.165) is 17.0 Å². The second-order valence-electron chi connectivity index (χ2n) is 4.15. The Morgan fingerprint density at radius 3 is 2.95 bits per heavy atom. The molecule has 1 aromatic heterocycles. The summed E-state index contributed by atoms with van der Waals surface area (Å²) in [4.78, 5) is 11.8. The van der Waals surface area contributed by atoms with Crippen molar-refractivity contribution in [3.8, 4) is 0 Å². The van der Waals surface area contributed by atoms with Gasteiger partial charge in [-0.25, -0.2) is 0 Å². The van der Waals surface area contributed by atoms with Crippen LogP contribution in [0.3, 0.4) is 0 Å². The van der Waals surface area contributed by atoms with Crippen LogP contribution in [0.25, 0.3) is 0 Å². The van der Waals surface area contributed by atoms with Gasteiger partial charge in [0.15, 0.2) is 0 Å². The molecule has 0 atom stereocenters. The minimum Gasteiger partial charge on any atom is -0.399 e. The fraction of sp³-hybridized carbons (Fsp3) is 0.214. The smallest absolute Gasteiger partial charge is 0.225 e. The van der Waals surface area contributed by atoms with Crippen LogP contribution in [-0.4, -0.2) is 11.7 Å². The summed E-state index contributed by atoms with van der Waals surface area (Å²) in [6.45, 7) is 1.94. The maximum atomic E-state index is 11.8. The van der Waals surface area contributed by atoms with E-state index in [9.17, 15) is 4.79 Å². The third kappa shape index (κ3) is 4.29. The molecule has 0 aliphatic carbocycles. The Bertz CT molecular complexity index is 553. The second-order valence-corrected chi connectivity index (χ2v) is 6.50. The van der Waals surface area contributed by atoms with Crippen LogP contribution in [-0.2, 0) is 4.79 Å². The van der Waals surface area contributed by atoms with Crippen LogP contribution in [0.1, 0.15) is 12.0 Å². The molecule has 2 aromatic rings. The summed E-state index contributed by atoms with van der Waals surface area (Å²) in [5.74, 6) is 0.831. The van der Waals surface area contributed by atoms with E-state index in [1.54, 1.807) is 29.2 Å². The van der Waals surface area contributed by atoms with Crippen molar-refractivity contribution in [3.63, 3.8) is 0 Å². The van der Waals surface area contributed by atoms with Gasteiger partial charge in [0.2, 0.25) is 5.91 Å². The summed E-state index contributed by atoms with van der Waals surface area (Å²) in [5.41, 5.74) is 8.21. The van der Waals surface area contributed by atoms with E-state index in [4.69, 9.17) is 5.73 Å². The van der Waals surface area contributed by atoms with Crippen molar-refractivity contribution in [2.24, 2.45) is 0 Å². The van der Waals surface area contributed by atoms with Gasteiger partial charge in [-0.15, -0.1) is 23.1 Å². The molecule has 1 amide bonds. The number of benzene rings is 1. The van der Waals surface area contributed by atoms with Gasteiger partial charge < -0.3 is 11.1 Å². The standard InChI is InChI=1S/C14H16N2OS2/c1-10-9-11(15)4-5-12(10)16-13(17)6-8-19-14-3-2-7-18-14/h2-5,7,9H,6,8,15H2,1H3,(H,16,17). The van der Waals surface area contributed by atoms with Crippen LogP contribution in [0.4, 0.5) is 11.4 Å². The van der Waals surface area contributed by atoms with Crippen LogP contribution in [0, 0.1) is 6.92 Å². The molecule has 0 saturated carbocycles. The van der Waals surface area contributed by atoms with Crippen LogP contribution in [0.5, 0.6) is 0 Å². The van der Waals surface area contributed by atoms with Gasteiger partial charge >= 0.3 is 0 Å². The average Bonchev–Trinajstić information content (AvgIpc) is 2.86. The molecule has 5 heteroatoms. The number of carbonyl (C=O) groups excluding carboxylic acids is 1. The molecule has 0 aliphatic heterocycles. The van der Waals surface area contributed by atoms with Crippen LogP contribution in [0.15, 0.2) is 39.9 Å². The Morgan fingerprint density at radius 2 is 2.26 bits per heavy atom. The van der Waals surface area contributed by atoms with Crippen LogP contribution >= 0.6 is 23.1 Å². The molecule has 1 aromatic carbocycles. The highest BCUT2D eigenvalue weighted by atomic mass is 32.2. The zero-order valence-corrected chi connectivity index (χ0v) is 12.3. The van der Waals surface area contributed by atoms with Crippen LogP contribution in [0.2, 0.25) is 0 Å². The van der Waals surface area contributed by atoms with Gasteiger partial charge in [-0.3, -0.25) is 4.79 Å². The number of thioether (sulfide) groups is 1. The zero-order chi connectivity index (χ0) is 13.7. The first-order valence-electron chi connectivity index (χ1n) is 5.97. The Labute approximate surface area is 121 Å². The van der Waals surface area contributed by atoms with Gasteiger partial charge in [0.25, 0.3) is 0 Å². The quantitative estimate of drug-likeness (QED) is 0.651. The molecule has 100 valence electrons. The Morgan fingerprint density at radius 1 is 1.42 bits per heavy atom. The lowest BCUT2D eigenvalue weighted by molar-refractivity contribution is -0.115. The summed E-state index contributed by atoms with van der Waals surface area (Å²) in [7, 11) is 0. The van der Waals surface area contributed by atoms with Crippen molar-refractivity contribution in [1.29, 1.82) is 0 Å². The van der Waals surface area contributed by atoms with E-state index in [-0.39, 0.29) is 5.91 Å². The highest BCUT2D eigenvalue weighted by Gasteiger charge is 2.05. The summed E-state index contributed by atoms with van der Waals surface area (Å²) in [6.07, 6.45) is 0.506. The summed E-state index contributed by atoms with van der Waals surface area (Å²) >= 11 is 3.41. The van der Waals surface area contributed by atoms with Gasteiger partial charge in [0.05, 0.1) is 4.21 Å². The number of thiophene rings is 1. The fourth-order valence-electron chi connectivity index (χ4n) is 1.63. The first kappa shape index (κ1) is 14.0. The van der Waals surface area contributed by atoms with E-state index in [2.05, 4.69) is 11.4 Å². The number of amides is 1. The molecule has 1 heterocycles. The van der Waals surface area contributed by atoms with Gasteiger partial charge in [-0.1, -0.05) is 6.07 Å². The van der Waals surface area contributed by atoms with E-state index < -0.39 is 0 Å². The number of nitrogens with one attached hydrogen (secondary N) is 1. The highest BCUT2D eigenvalue weighted by molar-refractivity contribution is 8.01. The molecule has 0 aliphatic rings. The summed E-state index contributed by atoms with van der Waals surface area (Å²) < 4.78 is 1.25. The SMILES string of the molecule is Cc1cc(N)ccc1NC(=O)CCSc1cccs1. The maximum absolute atomic E-state index is 11.8. The molecular weight excluding hydrogens is 276 g/mol. The number of rotatable bonds is 5. The number of hydrogen-bond donors (Lipinski definition) is 2. The Hall–Kier alpha value is -1.46. The topological polar surface area (TPSA) is 55.1 Å². The molecule has 0 unspecified atom stereocenters. The third-order valence-corrected chi connectivity index (χ3v) is 4.73. The maximum Gasteiger partial charge on any atom is 0.225 e. The normalized spacial score (nSPS) is 10.4. The van der Waals surface area contributed by atoms with Gasteiger partial charge in [0, 0.05) is 23.5 Å². The van der Waals surface area contributed by atoms with Gasteiger partial charge in [-0.2, -0.15) is 0 Å². The van der Waals surface area contributed by atoms with E-state index >= 15 is 0 Å². The zero-order valence-electron chi connectivity index (χ0n) is 10.7. The predicted octanol–water partition coefficient (Wildman–Crippen LogP) is 3.76. The summed E-state index contributed by atoms with van der Waals surface area (Å²) in [5, 5.41) is 4.95. The van der Waals surface area contributed by atoms with E-state index in [0.29, 0.717) is 12.1 Å². The molecule has 0 spiro atoms. The van der Waals surface area contributed by atoms with Crippen molar-refractivity contribution in [1.82, 2.24) is 0 Å². The molecule has 0 radical (unpaired) electrons. The van der Waals surface area contributed by atoms with Crippen LogP contribution < -0.4 is 11.1 Å². The van der Waals surface area contributed by atoms with E-state index in [1.165, 1.54) is 4.21 Å². The Balaban J connectivity index is 1.80. The number of nitrogen functional groups attached to an aromatic ring is 1. The number of hydrogen-bond acceptors (Lipinski definition) is 4. The van der Waals surface area contributed by atoms with E-state index in [1.807, 2.05) is 30.5 Å². The van der Waals surface area contributed by atoms with Crippen molar-refractivity contribution < 1.29 is 4.79 Å². The summed E-state index contributed by atoms with van der Waals surface area (Å²) in [6, 6.07) is 9.58. The van der Waals surface area contributed by atoms with Crippen molar-refractivity contribution >= 4 is 40.4 Å². The van der Waals surface area contributed by atoms with Crippen molar-refractivity contribution in [2.75, 3.05) is 16.8 Å².